The normalized spacial score (nSPS) is 33.3. The van der Waals surface area contributed by atoms with Gasteiger partial charge in [0.2, 0.25) is 5.91 Å². The SMILES string of the molecule is Cc1ccc(C2CC(C(=O)N3CC[C@@]4(CC4NC#N)C3)NN2C2CCCCCCCC2)cc1. The number of likely N-dealkylation sites (tertiary alicyclic amines) is 1. The minimum atomic E-state index is -0.153. The molecule has 4 fully saturated rings. The van der Waals surface area contributed by atoms with Gasteiger partial charge in [0.1, 0.15) is 6.04 Å². The average molecular weight is 450 g/mol. The summed E-state index contributed by atoms with van der Waals surface area (Å²) >= 11 is 0. The van der Waals surface area contributed by atoms with E-state index in [4.69, 9.17) is 5.26 Å². The zero-order valence-corrected chi connectivity index (χ0v) is 20.1. The number of carbonyl (C=O) groups is 1. The van der Waals surface area contributed by atoms with Gasteiger partial charge in [-0.25, -0.2) is 10.4 Å². The predicted octanol–water partition coefficient (Wildman–Crippen LogP) is 4.18. The average Bonchev–Trinajstić information content (AvgIpc) is 3.18. The number of hydrazine groups is 1. The lowest BCUT2D eigenvalue weighted by Gasteiger charge is -2.33. The number of aryl methyl sites for hydroxylation is 1. The van der Waals surface area contributed by atoms with Crippen molar-refractivity contribution in [3.63, 3.8) is 0 Å². The first-order chi connectivity index (χ1) is 16.1. The fraction of sp³-hybridized carbons (Fsp3) is 0.704. The number of nitriles is 1. The minimum Gasteiger partial charge on any atom is -0.341 e. The predicted molar refractivity (Wildman–Crippen MR) is 129 cm³/mol. The first-order valence-corrected chi connectivity index (χ1v) is 13.1. The van der Waals surface area contributed by atoms with Crippen LogP contribution in [0.2, 0.25) is 0 Å². The standard InChI is InChI=1S/C27H39N5O/c1-20-10-12-21(13-11-20)24-16-23(30-32(24)22-8-6-4-2-3-5-7-9-22)26(33)31-15-14-27(18-31)17-25(27)29-19-28/h10-13,22-25,29-30H,2-9,14-18H2,1H3/t23?,24?,25?,27-/m1/s1. The van der Waals surface area contributed by atoms with Gasteiger partial charge in [-0.15, -0.1) is 0 Å². The zero-order valence-electron chi connectivity index (χ0n) is 20.1. The largest absolute Gasteiger partial charge is 0.341 e. The Labute approximate surface area is 198 Å². The quantitative estimate of drug-likeness (QED) is 0.533. The van der Waals surface area contributed by atoms with Crippen LogP contribution >= 0.6 is 0 Å². The molecule has 33 heavy (non-hydrogen) atoms. The van der Waals surface area contributed by atoms with Gasteiger partial charge in [-0.1, -0.05) is 68.4 Å². The van der Waals surface area contributed by atoms with E-state index in [0.29, 0.717) is 6.04 Å². The van der Waals surface area contributed by atoms with Crippen molar-refractivity contribution >= 4 is 5.91 Å². The van der Waals surface area contributed by atoms with Crippen LogP contribution in [-0.2, 0) is 4.79 Å². The molecule has 3 unspecified atom stereocenters. The molecule has 6 nitrogen and oxygen atoms in total. The molecule has 2 heterocycles. The summed E-state index contributed by atoms with van der Waals surface area (Å²) in [4.78, 5) is 15.7. The highest BCUT2D eigenvalue weighted by molar-refractivity contribution is 5.82. The summed E-state index contributed by atoms with van der Waals surface area (Å²) in [6, 6.07) is 9.75. The molecule has 0 bridgehead atoms. The first-order valence-electron chi connectivity index (χ1n) is 13.1. The Kier molecular flexibility index (Phi) is 6.62. The molecule has 6 heteroatoms. The summed E-state index contributed by atoms with van der Waals surface area (Å²) in [6.07, 6.45) is 15.3. The van der Waals surface area contributed by atoms with Gasteiger partial charge < -0.3 is 10.2 Å². The number of amides is 1. The van der Waals surface area contributed by atoms with Crippen molar-refractivity contribution in [2.45, 2.75) is 102 Å². The van der Waals surface area contributed by atoms with Crippen molar-refractivity contribution in [2.75, 3.05) is 13.1 Å². The molecule has 1 aromatic carbocycles. The summed E-state index contributed by atoms with van der Waals surface area (Å²) in [5.41, 5.74) is 6.46. The third kappa shape index (κ3) is 4.76. The lowest BCUT2D eigenvalue weighted by molar-refractivity contribution is -0.132. The molecule has 0 aromatic heterocycles. The van der Waals surface area contributed by atoms with E-state index in [2.05, 4.69) is 58.0 Å². The monoisotopic (exact) mass is 449 g/mol. The van der Waals surface area contributed by atoms with Gasteiger partial charge in [0.25, 0.3) is 0 Å². The van der Waals surface area contributed by atoms with Crippen LogP contribution in [-0.4, -0.2) is 47.0 Å². The van der Waals surface area contributed by atoms with E-state index in [-0.39, 0.29) is 29.4 Å². The third-order valence-corrected chi connectivity index (χ3v) is 8.70. The van der Waals surface area contributed by atoms with Crippen molar-refractivity contribution in [1.29, 1.82) is 5.26 Å². The molecule has 2 saturated carbocycles. The molecular weight excluding hydrogens is 410 g/mol. The van der Waals surface area contributed by atoms with Gasteiger partial charge in [0.15, 0.2) is 6.19 Å². The fourth-order valence-corrected chi connectivity index (χ4v) is 6.54. The summed E-state index contributed by atoms with van der Waals surface area (Å²) in [5.74, 6) is 0.247. The Balaban J connectivity index is 1.31. The number of rotatable bonds is 4. The molecule has 0 radical (unpaired) electrons. The lowest BCUT2D eigenvalue weighted by atomic mass is 9.97. The molecular formula is C27H39N5O. The maximum absolute atomic E-state index is 13.6. The molecule has 178 valence electrons. The van der Waals surface area contributed by atoms with Crippen LogP contribution in [0, 0.1) is 23.8 Å². The maximum Gasteiger partial charge on any atom is 0.241 e. The maximum atomic E-state index is 13.6. The highest BCUT2D eigenvalue weighted by atomic mass is 16.2. The van der Waals surface area contributed by atoms with Crippen LogP contribution in [0.1, 0.15) is 87.8 Å². The topological polar surface area (TPSA) is 71.4 Å². The van der Waals surface area contributed by atoms with E-state index < -0.39 is 0 Å². The first kappa shape index (κ1) is 22.7. The van der Waals surface area contributed by atoms with E-state index >= 15 is 0 Å². The Bertz CT molecular complexity index is 869. The van der Waals surface area contributed by atoms with E-state index in [1.165, 1.54) is 62.5 Å². The lowest BCUT2D eigenvalue weighted by Crippen LogP contribution is -2.49. The van der Waals surface area contributed by atoms with Crippen LogP contribution in [0.25, 0.3) is 0 Å². The molecule has 4 aliphatic rings. The van der Waals surface area contributed by atoms with Gasteiger partial charge in [-0.2, -0.15) is 5.26 Å². The Morgan fingerprint density at radius 3 is 2.52 bits per heavy atom. The van der Waals surface area contributed by atoms with E-state index in [1.54, 1.807) is 0 Å². The van der Waals surface area contributed by atoms with Crippen LogP contribution in [0.5, 0.6) is 0 Å². The highest BCUT2D eigenvalue weighted by Crippen LogP contribution is 2.53. The smallest absolute Gasteiger partial charge is 0.241 e. The molecule has 1 aromatic rings. The number of carbonyl (C=O) groups excluding carboxylic acids is 1. The zero-order chi connectivity index (χ0) is 22.8. The van der Waals surface area contributed by atoms with Crippen molar-refractivity contribution in [3.05, 3.63) is 35.4 Å². The molecule has 4 atom stereocenters. The minimum absolute atomic E-state index is 0.137. The second kappa shape index (κ2) is 9.64. The van der Waals surface area contributed by atoms with Crippen molar-refractivity contribution < 1.29 is 4.79 Å². The van der Waals surface area contributed by atoms with E-state index in [0.717, 1.165) is 32.4 Å². The second-order valence-corrected chi connectivity index (χ2v) is 11.0. The number of nitrogens with zero attached hydrogens (tertiary/aromatic N) is 3. The molecule has 2 N–H and O–H groups in total. The molecule has 2 aliphatic heterocycles. The van der Waals surface area contributed by atoms with Gasteiger partial charge in [-0.3, -0.25) is 4.79 Å². The molecule has 1 amide bonds. The fourth-order valence-electron chi connectivity index (χ4n) is 6.54. The Morgan fingerprint density at radius 1 is 1.12 bits per heavy atom. The number of hydrogen-bond donors (Lipinski definition) is 2. The van der Waals surface area contributed by atoms with Crippen LogP contribution < -0.4 is 10.7 Å². The highest BCUT2D eigenvalue weighted by Gasteiger charge is 2.59. The molecule has 1 spiro atoms. The van der Waals surface area contributed by atoms with Gasteiger partial charge in [0, 0.05) is 30.6 Å². The Morgan fingerprint density at radius 2 is 1.82 bits per heavy atom. The van der Waals surface area contributed by atoms with Crippen molar-refractivity contribution in [3.8, 4) is 6.19 Å². The van der Waals surface area contributed by atoms with Gasteiger partial charge in [-0.05, 0) is 44.6 Å². The summed E-state index contributed by atoms with van der Waals surface area (Å²) in [6.45, 7) is 3.75. The number of nitrogens with one attached hydrogen (secondary N) is 2. The van der Waals surface area contributed by atoms with E-state index in [1.807, 2.05) is 0 Å². The summed E-state index contributed by atoms with van der Waals surface area (Å²) < 4.78 is 0. The van der Waals surface area contributed by atoms with Crippen molar-refractivity contribution in [2.24, 2.45) is 5.41 Å². The second-order valence-electron chi connectivity index (χ2n) is 11.0. The van der Waals surface area contributed by atoms with Gasteiger partial charge >= 0.3 is 0 Å². The number of benzene rings is 1. The van der Waals surface area contributed by atoms with Crippen molar-refractivity contribution in [1.82, 2.24) is 20.7 Å². The van der Waals surface area contributed by atoms with Gasteiger partial charge in [0.05, 0.1) is 6.04 Å². The van der Waals surface area contributed by atoms with Crippen LogP contribution in [0.4, 0.5) is 0 Å². The number of hydrogen-bond acceptors (Lipinski definition) is 5. The third-order valence-electron chi connectivity index (χ3n) is 8.70. The van der Waals surface area contributed by atoms with Crippen LogP contribution in [0.3, 0.4) is 0 Å². The molecule has 2 aliphatic carbocycles. The van der Waals surface area contributed by atoms with E-state index in [9.17, 15) is 4.79 Å². The Hall–Kier alpha value is -2.10. The van der Waals surface area contributed by atoms with Crippen LogP contribution in [0.15, 0.2) is 24.3 Å². The molecule has 2 saturated heterocycles. The molecule has 5 rings (SSSR count). The summed E-state index contributed by atoms with van der Waals surface area (Å²) in [7, 11) is 0. The summed E-state index contributed by atoms with van der Waals surface area (Å²) in [5, 5.41) is 14.4.